The van der Waals surface area contributed by atoms with Crippen molar-refractivity contribution in [1.29, 1.82) is 0 Å². The molecule has 1 saturated heterocycles. The maximum Gasteiger partial charge on any atom is 0.282 e. The second kappa shape index (κ2) is 8.16. The number of methoxy groups -OCH3 is 1. The highest BCUT2D eigenvalue weighted by molar-refractivity contribution is 6.33. The number of fused-ring (bicyclic) bond motifs is 1. The summed E-state index contributed by atoms with van der Waals surface area (Å²) < 4.78 is 37.6. The highest BCUT2D eigenvalue weighted by Crippen LogP contribution is 2.39. The van der Waals surface area contributed by atoms with E-state index >= 15 is 0 Å². The number of hydroxylamine groups is 1. The van der Waals surface area contributed by atoms with Gasteiger partial charge < -0.3 is 14.4 Å². The number of carbonyl (C=O) groups excluding carboxylic acids is 1. The zero-order valence-electron chi connectivity index (χ0n) is 16.6. The van der Waals surface area contributed by atoms with E-state index in [9.17, 15) is 13.6 Å². The number of benzene rings is 2. The van der Waals surface area contributed by atoms with Crippen LogP contribution in [0, 0.1) is 0 Å². The van der Waals surface area contributed by atoms with Crippen molar-refractivity contribution >= 4 is 34.1 Å². The van der Waals surface area contributed by atoms with Gasteiger partial charge in [0.1, 0.15) is 17.2 Å². The predicted octanol–water partition coefficient (Wildman–Crippen LogP) is 4.44. The van der Waals surface area contributed by atoms with E-state index < -0.39 is 11.8 Å². The SMILES string of the molecule is CONC(=O)c1cc2c(Oc3ccc(N4CC(F)(F)C4)c(Cl)c3)ccnc2cc1OC. The van der Waals surface area contributed by atoms with Gasteiger partial charge in [-0.1, -0.05) is 11.6 Å². The molecule has 3 aromatic rings. The second-order valence-electron chi connectivity index (χ2n) is 6.94. The number of anilines is 1. The summed E-state index contributed by atoms with van der Waals surface area (Å²) in [7, 11) is 2.78. The molecule has 4 rings (SSSR count). The minimum absolute atomic E-state index is 0.238. The molecule has 2 aromatic carbocycles. The van der Waals surface area contributed by atoms with Crippen LogP contribution in [0.15, 0.2) is 42.6 Å². The Bertz CT molecular complexity index is 1150. The number of rotatable bonds is 6. The molecule has 10 heteroatoms. The molecule has 1 aliphatic heterocycles. The van der Waals surface area contributed by atoms with Crippen LogP contribution in [0.4, 0.5) is 14.5 Å². The van der Waals surface area contributed by atoms with Crippen molar-refractivity contribution in [3.05, 3.63) is 53.2 Å². The number of alkyl halides is 2. The molecule has 1 aromatic heterocycles. The molecule has 1 N–H and O–H groups in total. The topological polar surface area (TPSA) is 72.9 Å². The lowest BCUT2D eigenvalue weighted by Gasteiger charge is -2.40. The number of hydrogen-bond donors (Lipinski definition) is 1. The van der Waals surface area contributed by atoms with Gasteiger partial charge in [0.25, 0.3) is 11.8 Å². The van der Waals surface area contributed by atoms with Gasteiger partial charge in [0.2, 0.25) is 0 Å². The van der Waals surface area contributed by atoms with E-state index in [0.29, 0.717) is 38.9 Å². The number of nitrogens with one attached hydrogen (secondary N) is 1. The number of halogens is 3. The van der Waals surface area contributed by atoms with Gasteiger partial charge in [-0.25, -0.2) is 14.3 Å². The maximum atomic E-state index is 13.2. The first-order chi connectivity index (χ1) is 14.8. The molecule has 0 spiro atoms. The largest absolute Gasteiger partial charge is 0.496 e. The molecule has 0 aliphatic carbocycles. The van der Waals surface area contributed by atoms with E-state index in [1.807, 2.05) is 0 Å². The molecular formula is C21H18ClF2N3O4. The Hall–Kier alpha value is -3.17. The van der Waals surface area contributed by atoms with Crippen molar-refractivity contribution < 1.29 is 27.9 Å². The fraction of sp³-hybridized carbons (Fsp3) is 0.238. The quantitative estimate of drug-likeness (QED) is 0.561. The number of hydrogen-bond acceptors (Lipinski definition) is 6. The third-order valence-electron chi connectivity index (χ3n) is 4.79. The predicted molar refractivity (Wildman–Crippen MR) is 111 cm³/mol. The Labute approximate surface area is 181 Å². The summed E-state index contributed by atoms with van der Waals surface area (Å²) in [5.41, 5.74) is 3.56. The zero-order valence-corrected chi connectivity index (χ0v) is 17.4. The molecule has 1 fully saturated rings. The normalized spacial score (nSPS) is 14.8. The van der Waals surface area contributed by atoms with Crippen LogP contribution in [0.1, 0.15) is 10.4 Å². The Morgan fingerprint density at radius 2 is 1.94 bits per heavy atom. The number of nitrogens with zero attached hydrogens (tertiary/aromatic N) is 2. The number of carbonyl (C=O) groups is 1. The van der Waals surface area contributed by atoms with Gasteiger partial charge >= 0.3 is 0 Å². The number of pyridine rings is 1. The van der Waals surface area contributed by atoms with Crippen LogP contribution < -0.4 is 19.9 Å². The molecule has 0 atom stereocenters. The number of amides is 1. The molecule has 0 radical (unpaired) electrons. The fourth-order valence-electron chi connectivity index (χ4n) is 3.35. The average molecular weight is 450 g/mol. The lowest BCUT2D eigenvalue weighted by Crippen LogP contribution is -2.56. The molecule has 0 unspecified atom stereocenters. The molecule has 1 amide bonds. The van der Waals surface area contributed by atoms with Crippen LogP contribution in [-0.4, -0.2) is 44.1 Å². The first-order valence-corrected chi connectivity index (χ1v) is 9.59. The van der Waals surface area contributed by atoms with Gasteiger partial charge in [-0.2, -0.15) is 0 Å². The lowest BCUT2D eigenvalue weighted by atomic mass is 10.1. The van der Waals surface area contributed by atoms with Crippen molar-refractivity contribution in [2.45, 2.75) is 5.92 Å². The minimum Gasteiger partial charge on any atom is -0.496 e. The lowest BCUT2D eigenvalue weighted by molar-refractivity contribution is -0.0262. The molecule has 162 valence electrons. The monoisotopic (exact) mass is 449 g/mol. The highest BCUT2D eigenvalue weighted by Gasteiger charge is 2.44. The number of aromatic nitrogens is 1. The van der Waals surface area contributed by atoms with Crippen molar-refractivity contribution in [2.24, 2.45) is 0 Å². The number of ether oxygens (including phenoxy) is 2. The molecule has 1 aliphatic rings. The van der Waals surface area contributed by atoms with Gasteiger partial charge in [-0.3, -0.25) is 14.6 Å². The highest BCUT2D eigenvalue weighted by atomic mass is 35.5. The third-order valence-corrected chi connectivity index (χ3v) is 5.10. The van der Waals surface area contributed by atoms with E-state index in [-0.39, 0.29) is 18.7 Å². The van der Waals surface area contributed by atoms with Gasteiger partial charge in [0.15, 0.2) is 0 Å². The summed E-state index contributed by atoms with van der Waals surface area (Å²) in [5, 5.41) is 0.861. The van der Waals surface area contributed by atoms with Crippen LogP contribution in [0.2, 0.25) is 5.02 Å². The van der Waals surface area contributed by atoms with Crippen LogP contribution in [0.5, 0.6) is 17.2 Å². The molecule has 31 heavy (non-hydrogen) atoms. The van der Waals surface area contributed by atoms with Gasteiger partial charge in [-0.05, 0) is 24.3 Å². The summed E-state index contributed by atoms with van der Waals surface area (Å²) in [4.78, 5) is 22.8. The van der Waals surface area contributed by atoms with E-state index in [0.717, 1.165) is 0 Å². The molecular weight excluding hydrogens is 432 g/mol. The molecule has 0 saturated carbocycles. The van der Waals surface area contributed by atoms with Gasteiger partial charge in [0, 0.05) is 23.7 Å². The van der Waals surface area contributed by atoms with E-state index in [2.05, 4.69) is 10.5 Å². The summed E-state index contributed by atoms with van der Waals surface area (Å²) in [5.74, 6) is -2.02. The first kappa shape index (κ1) is 21.1. The summed E-state index contributed by atoms with van der Waals surface area (Å²) >= 11 is 6.29. The summed E-state index contributed by atoms with van der Waals surface area (Å²) in [6.45, 7) is -0.730. The van der Waals surface area contributed by atoms with Crippen LogP contribution in [0.3, 0.4) is 0 Å². The molecule has 7 nitrogen and oxygen atoms in total. The maximum absolute atomic E-state index is 13.2. The van der Waals surface area contributed by atoms with Crippen LogP contribution in [-0.2, 0) is 4.84 Å². The van der Waals surface area contributed by atoms with Gasteiger partial charge in [0.05, 0.1) is 49.1 Å². The van der Waals surface area contributed by atoms with Crippen molar-refractivity contribution in [2.75, 3.05) is 32.2 Å². The Kier molecular flexibility index (Phi) is 5.55. The van der Waals surface area contributed by atoms with E-state index in [1.165, 1.54) is 19.1 Å². The Morgan fingerprint density at radius 3 is 2.58 bits per heavy atom. The van der Waals surface area contributed by atoms with Crippen molar-refractivity contribution in [3.63, 3.8) is 0 Å². The van der Waals surface area contributed by atoms with E-state index in [4.69, 9.17) is 25.9 Å². The summed E-state index contributed by atoms with van der Waals surface area (Å²) in [6.07, 6.45) is 1.56. The standard InChI is InChI=1S/C21H18ClF2N3O4/c1-29-19-9-16-13(8-14(19)20(28)26-30-2)18(5-6-25-16)31-12-3-4-17(15(22)7-12)27-10-21(23,24)11-27/h3-9H,10-11H2,1-2H3,(H,26,28). The fourth-order valence-corrected chi connectivity index (χ4v) is 3.64. The van der Waals surface area contributed by atoms with Crippen molar-refractivity contribution in [3.8, 4) is 17.2 Å². The van der Waals surface area contributed by atoms with Crippen LogP contribution in [0.25, 0.3) is 10.9 Å². The Balaban J connectivity index is 1.66. The average Bonchev–Trinajstić information content (AvgIpc) is 2.71. The smallest absolute Gasteiger partial charge is 0.282 e. The van der Waals surface area contributed by atoms with E-state index in [1.54, 1.807) is 42.6 Å². The second-order valence-corrected chi connectivity index (χ2v) is 7.35. The van der Waals surface area contributed by atoms with Crippen molar-refractivity contribution in [1.82, 2.24) is 10.5 Å². The van der Waals surface area contributed by atoms with Crippen LogP contribution >= 0.6 is 11.6 Å². The van der Waals surface area contributed by atoms with Gasteiger partial charge in [-0.15, -0.1) is 0 Å². The first-order valence-electron chi connectivity index (χ1n) is 9.21. The third kappa shape index (κ3) is 4.19. The Morgan fingerprint density at radius 1 is 1.16 bits per heavy atom. The molecule has 2 heterocycles. The minimum atomic E-state index is -2.69. The molecule has 0 bridgehead atoms. The summed E-state index contributed by atoms with van der Waals surface area (Å²) in [6, 6.07) is 9.69. The zero-order chi connectivity index (χ0) is 22.2.